The highest BCUT2D eigenvalue weighted by molar-refractivity contribution is 6.05. The first kappa shape index (κ1) is 21.4. The van der Waals surface area contributed by atoms with Crippen molar-refractivity contribution in [1.82, 2.24) is 24.5 Å². The molecule has 4 aromatic rings. The molecule has 0 radical (unpaired) electrons. The van der Waals surface area contributed by atoms with Gasteiger partial charge in [-0.2, -0.15) is 10.2 Å². The zero-order valence-electron chi connectivity index (χ0n) is 17.3. The molecule has 2 aromatic carbocycles. The number of nitrogens with one attached hydrogen (secondary N) is 1. The molecule has 12 nitrogen and oxygen atoms in total. The molecule has 0 aliphatic heterocycles. The first-order valence-corrected chi connectivity index (χ1v) is 9.74. The van der Waals surface area contributed by atoms with Crippen LogP contribution >= 0.6 is 0 Å². The van der Waals surface area contributed by atoms with Gasteiger partial charge in [-0.05, 0) is 49.4 Å². The molecule has 0 saturated carbocycles. The lowest BCUT2D eigenvalue weighted by atomic mass is 10.1. The van der Waals surface area contributed by atoms with Crippen molar-refractivity contribution in [3.05, 3.63) is 88.8 Å². The van der Waals surface area contributed by atoms with E-state index < -0.39 is 16.8 Å². The van der Waals surface area contributed by atoms with Crippen LogP contribution in [-0.2, 0) is 4.74 Å². The predicted molar refractivity (Wildman–Crippen MR) is 115 cm³/mol. The van der Waals surface area contributed by atoms with Crippen LogP contribution in [0.3, 0.4) is 0 Å². The SMILES string of the molecule is CCOC(=O)c1ccn(-c2ccc(NC(=O)c3ccc(-n4cncn4)c([N+](=O)[O-])c3)cc2)n1. The van der Waals surface area contributed by atoms with E-state index in [2.05, 4.69) is 20.5 Å². The number of nitrogens with zero attached hydrogens (tertiary/aromatic N) is 6. The Balaban J connectivity index is 1.49. The summed E-state index contributed by atoms with van der Waals surface area (Å²) in [5.74, 6) is -1.02. The van der Waals surface area contributed by atoms with Crippen LogP contribution in [-0.4, -0.2) is 48.0 Å². The number of nitro groups is 1. The maximum atomic E-state index is 12.6. The summed E-state index contributed by atoms with van der Waals surface area (Å²) in [4.78, 5) is 39.1. The van der Waals surface area contributed by atoms with Gasteiger partial charge in [-0.3, -0.25) is 14.9 Å². The highest BCUT2D eigenvalue weighted by Gasteiger charge is 2.19. The number of carbonyl (C=O) groups excluding carboxylic acids is 2. The van der Waals surface area contributed by atoms with Crippen molar-refractivity contribution in [3.63, 3.8) is 0 Å². The number of benzene rings is 2. The van der Waals surface area contributed by atoms with E-state index in [-0.39, 0.29) is 29.2 Å². The zero-order chi connectivity index (χ0) is 23.4. The number of amides is 1. The molecular weight excluding hydrogens is 430 g/mol. The van der Waals surface area contributed by atoms with E-state index in [1.807, 2.05) is 0 Å². The number of esters is 1. The fourth-order valence-corrected chi connectivity index (χ4v) is 3.02. The Kier molecular flexibility index (Phi) is 5.89. The third-order valence-corrected chi connectivity index (χ3v) is 4.56. The lowest BCUT2D eigenvalue weighted by Gasteiger charge is -2.08. The van der Waals surface area contributed by atoms with Crippen LogP contribution in [0.4, 0.5) is 11.4 Å². The van der Waals surface area contributed by atoms with Crippen molar-refractivity contribution in [2.45, 2.75) is 6.92 Å². The van der Waals surface area contributed by atoms with Crippen molar-refractivity contribution in [3.8, 4) is 11.4 Å². The second-order valence-corrected chi connectivity index (χ2v) is 6.67. The number of hydrogen-bond acceptors (Lipinski definition) is 8. The van der Waals surface area contributed by atoms with Crippen LogP contribution in [0.15, 0.2) is 67.4 Å². The summed E-state index contributed by atoms with van der Waals surface area (Å²) in [6.07, 6.45) is 4.21. The minimum Gasteiger partial charge on any atom is -0.461 e. The molecule has 0 saturated heterocycles. The minimum atomic E-state index is -0.586. The second kappa shape index (κ2) is 9.09. The van der Waals surface area contributed by atoms with E-state index in [0.29, 0.717) is 11.4 Å². The molecule has 0 unspecified atom stereocenters. The maximum absolute atomic E-state index is 12.6. The van der Waals surface area contributed by atoms with Crippen molar-refractivity contribution < 1.29 is 19.2 Å². The Morgan fingerprint density at radius 2 is 1.91 bits per heavy atom. The van der Waals surface area contributed by atoms with Gasteiger partial charge in [-0.15, -0.1) is 0 Å². The minimum absolute atomic E-state index is 0.112. The summed E-state index contributed by atoms with van der Waals surface area (Å²) in [7, 11) is 0. The number of aromatic nitrogens is 5. The molecular formula is C21H17N7O5. The van der Waals surface area contributed by atoms with Gasteiger partial charge < -0.3 is 10.1 Å². The van der Waals surface area contributed by atoms with Gasteiger partial charge in [0.05, 0.1) is 17.2 Å². The van der Waals surface area contributed by atoms with Crippen molar-refractivity contribution >= 4 is 23.3 Å². The molecule has 4 rings (SSSR count). The van der Waals surface area contributed by atoms with Crippen LogP contribution in [0.25, 0.3) is 11.4 Å². The summed E-state index contributed by atoms with van der Waals surface area (Å²) in [5, 5.41) is 22.2. The molecule has 33 heavy (non-hydrogen) atoms. The summed E-state index contributed by atoms with van der Waals surface area (Å²) < 4.78 is 7.68. The van der Waals surface area contributed by atoms with Crippen molar-refractivity contribution in [1.29, 1.82) is 0 Å². The van der Waals surface area contributed by atoms with Crippen LogP contribution in [0.5, 0.6) is 0 Å². The van der Waals surface area contributed by atoms with Crippen LogP contribution in [0.2, 0.25) is 0 Å². The quantitative estimate of drug-likeness (QED) is 0.258. The summed E-state index contributed by atoms with van der Waals surface area (Å²) in [5.41, 5.74) is 1.35. The van der Waals surface area contributed by atoms with Gasteiger partial charge in [-0.25, -0.2) is 19.1 Å². The number of ether oxygens (including phenoxy) is 1. The Morgan fingerprint density at radius 3 is 2.58 bits per heavy atom. The fourth-order valence-electron chi connectivity index (χ4n) is 3.02. The highest BCUT2D eigenvalue weighted by atomic mass is 16.6. The lowest BCUT2D eigenvalue weighted by Crippen LogP contribution is -2.13. The summed E-state index contributed by atoms with van der Waals surface area (Å²) in [6.45, 7) is 1.97. The average Bonchev–Trinajstić information content (AvgIpc) is 3.52. The Hall–Kier alpha value is -4.87. The van der Waals surface area contributed by atoms with E-state index in [4.69, 9.17) is 4.74 Å². The monoisotopic (exact) mass is 447 g/mol. The fraction of sp³-hybridized carbons (Fsp3) is 0.0952. The van der Waals surface area contributed by atoms with Crippen molar-refractivity contribution in [2.24, 2.45) is 0 Å². The number of anilines is 1. The van der Waals surface area contributed by atoms with Gasteiger partial charge in [-0.1, -0.05) is 0 Å². The average molecular weight is 447 g/mol. The molecule has 0 fully saturated rings. The first-order valence-electron chi connectivity index (χ1n) is 9.74. The number of carbonyl (C=O) groups is 2. The predicted octanol–water partition coefficient (Wildman–Crippen LogP) is 2.79. The first-order chi connectivity index (χ1) is 16.0. The van der Waals surface area contributed by atoms with Crippen LogP contribution in [0.1, 0.15) is 27.8 Å². The van der Waals surface area contributed by atoms with Gasteiger partial charge in [0.25, 0.3) is 11.6 Å². The normalized spacial score (nSPS) is 10.6. The molecule has 0 spiro atoms. The molecule has 0 aliphatic carbocycles. The van der Waals surface area contributed by atoms with Crippen LogP contribution < -0.4 is 5.32 Å². The van der Waals surface area contributed by atoms with Gasteiger partial charge in [0.2, 0.25) is 0 Å². The number of rotatable bonds is 7. The third kappa shape index (κ3) is 4.58. The topological polar surface area (TPSA) is 147 Å². The maximum Gasteiger partial charge on any atom is 0.358 e. The number of nitro benzene ring substituents is 1. The smallest absolute Gasteiger partial charge is 0.358 e. The molecule has 12 heteroatoms. The Labute approximate surface area is 186 Å². The van der Waals surface area contributed by atoms with E-state index in [9.17, 15) is 19.7 Å². The third-order valence-electron chi connectivity index (χ3n) is 4.56. The molecule has 0 bridgehead atoms. The van der Waals surface area contributed by atoms with E-state index in [0.717, 1.165) is 0 Å². The molecule has 1 amide bonds. The second-order valence-electron chi connectivity index (χ2n) is 6.67. The van der Waals surface area contributed by atoms with E-state index in [1.54, 1.807) is 43.5 Å². The van der Waals surface area contributed by atoms with Gasteiger partial charge in [0.15, 0.2) is 5.69 Å². The summed E-state index contributed by atoms with van der Waals surface area (Å²) in [6, 6.07) is 12.3. The molecule has 0 aliphatic rings. The van der Waals surface area contributed by atoms with E-state index in [1.165, 1.54) is 40.2 Å². The van der Waals surface area contributed by atoms with Gasteiger partial charge in [0.1, 0.15) is 18.3 Å². The standard InChI is InChI=1S/C21H17N7O5/c1-2-33-21(30)17-9-10-26(25-17)16-6-4-15(5-7-16)24-20(29)14-3-8-18(19(11-14)28(31)32)27-13-22-12-23-27/h3-13H,2H2,1H3,(H,24,29). The highest BCUT2D eigenvalue weighted by Crippen LogP contribution is 2.24. The zero-order valence-corrected chi connectivity index (χ0v) is 17.3. The van der Waals surface area contributed by atoms with E-state index >= 15 is 0 Å². The summed E-state index contributed by atoms with van der Waals surface area (Å²) >= 11 is 0. The van der Waals surface area contributed by atoms with Crippen molar-refractivity contribution in [2.75, 3.05) is 11.9 Å². The molecule has 0 atom stereocenters. The molecule has 166 valence electrons. The largest absolute Gasteiger partial charge is 0.461 e. The molecule has 1 N–H and O–H groups in total. The molecule has 2 heterocycles. The van der Waals surface area contributed by atoms with Gasteiger partial charge in [0, 0.05) is 23.5 Å². The Morgan fingerprint density at radius 1 is 1.12 bits per heavy atom. The lowest BCUT2D eigenvalue weighted by molar-refractivity contribution is -0.384. The molecule has 2 aromatic heterocycles. The van der Waals surface area contributed by atoms with Crippen LogP contribution in [0, 0.1) is 10.1 Å². The number of hydrogen-bond donors (Lipinski definition) is 1. The van der Waals surface area contributed by atoms with Gasteiger partial charge >= 0.3 is 5.97 Å². The Bertz CT molecular complexity index is 1310.